The third-order valence-electron chi connectivity index (χ3n) is 5.23. The summed E-state index contributed by atoms with van der Waals surface area (Å²) in [6.07, 6.45) is 1.75. The van der Waals surface area contributed by atoms with Crippen LogP contribution in [0.2, 0.25) is 0 Å². The normalized spacial score (nSPS) is 16.0. The smallest absolute Gasteiger partial charge is 0.264 e. The van der Waals surface area contributed by atoms with E-state index in [1.807, 2.05) is 61.5 Å². The topological polar surface area (TPSA) is 89.0 Å². The van der Waals surface area contributed by atoms with Gasteiger partial charge in [0.15, 0.2) is 23.3 Å². The molecule has 1 heterocycles. The van der Waals surface area contributed by atoms with Crippen LogP contribution in [-0.2, 0) is 9.59 Å². The van der Waals surface area contributed by atoms with Crippen LogP contribution in [0.4, 0.5) is 5.69 Å². The number of carbonyl (C=O) groups is 2. The molecule has 1 saturated heterocycles. The molecule has 4 rings (SSSR count). The first-order chi connectivity index (χ1) is 17.4. The zero-order chi connectivity index (χ0) is 25.5. The third-order valence-corrected chi connectivity index (χ3v) is 6.67. The lowest BCUT2D eigenvalue weighted by Gasteiger charge is -2.15. The van der Waals surface area contributed by atoms with Gasteiger partial charge in [-0.3, -0.25) is 9.59 Å². The van der Waals surface area contributed by atoms with Crippen LogP contribution in [0.15, 0.2) is 87.2 Å². The summed E-state index contributed by atoms with van der Waals surface area (Å²) in [6, 6.07) is 22.3. The van der Waals surface area contributed by atoms with E-state index in [9.17, 15) is 9.59 Å². The van der Waals surface area contributed by atoms with Crippen LogP contribution in [-0.4, -0.2) is 30.7 Å². The number of amidine groups is 1. The van der Waals surface area contributed by atoms with Gasteiger partial charge in [0.25, 0.3) is 11.8 Å². The number of rotatable bonds is 8. The van der Waals surface area contributed by atoms with Gasteiger partial charge >= 0.3 is 0 Å². The van der Waals surface area contributed by atoms with Crippen molar-refractivity contribution in [1.29, 1.82) is 0 Å². The summed E-state index contributed by atoms with van der Waals surface area (Å²) in [5.41, 5.74) is 2.51. The maximum Gasteiger partial charge on any atom is 0.264 e. The molecule has 0 spiro atoms. The quantitative estimate of drug-likeness (QED) is 0.347. The molecule has 3 aromatic rings. The van der Waals surface area contributed by atoms with Crippen molar-refractivity contribution in [2.75, 3.05) is 13.7 Å². The number of ether oxygens (including phenoxy) is 2. The van der Waals surface area contributed by atoms with E-state index in [1.54, 1.807) is 24.3 Å². The minimum Gasteiger partial charge on any atom is -0.493 e. The molecule has 2 amide bonds. The fraction of sp³-hybridized carbons (Fsp3) is 0.148. The molecule has 0 aliphatic carbocycles. The SMILES string of the molecule is COc1cc(/C=C2/SC(=Nc3ccc(Br)cc3)NC2=O)ccc1OCC(=O)N[C@H](C)c1ccccc1. The summed E-state index contributed by atoms with van der Waals surface area (Å²) in [4.78, 5) is 29.8. The van der Waals surface area contributed by atoms with E-state index in [0.717, 1.165) is 21.3 Å². The van der Waals surface area contributed by atoms with Gasteiger partial charge in [0, 0.05) is 4.47 Å². The minimum absolute atomic E-state index is 0.134. The van der Waals surface area contributed by atoms with E-state index in [-0.39, 0.29) is 24.5 Å². The summed E-state index contributed by atoms with van der Waals surface area (Å²) in [6.45, 7) is 1.77. The Morgan fingerprint density at radius 1 is 1.11 bits per heavy atom. The maximum absolute atomic E-state index is 12.4. The molecule has 184 valence electrons. The molecule has 9 heteroatoms. The zero-order valence-corrected chi connectivity index (χ0v) is 22.1. The number of halogens is 1. The Morgan fingerprint density at radius 3 is 2.58 bits per heavy atom. The van der Waals surface area contributed by atoms with Crippen LogP contribution in [0.25, 0.3) is 6.08 Å². The second-order valence-electron chi connectivity index (χ2n) is 7.86. The Bertz CT molecular complexity index is 1310. The highest BCUT2D eigenvalue weighted by molar-refractivity contribution is 9.10. The van der Waals surface area contributed by atoms with Crippen LogP contribution in [0.3, 0.4) is 0 Å². The number of thioether (sulfide) groups is 1. The molecule has 0 saturated carbocycles. The number of amides is 2. The number of nitrogens with one attached hydrogen (secondary N) is 2. The van der Waals surface area contributed by atoms with Gasteiger partial charge < -0.3 is 20.1 Å². The van der Waals surface area contributed by atoms with E-state index >= 15 is 0 Å². The lowest BCUT2D eigenvalue weighted by molar-refractivity contribution is -0.123. The number of hydrogen-bond acceptors (Lipinski definition) is 6. The van der Waals surface area contributed by atoms with Crippen LogP contribution in [0.5, 0.6) is 11.5 Å². The van der Waals surface area contributed by atoms with E-state index in [4.69, 9.17) is 9.47 Å². The van der Waals surface area contributed by atoms with Crippen LogP contribution in [0, 0.1) is 0 Å². The summed E-state index contributed by atoms with van der Waals surface area (Å²) < 4.78 is 12.1. The molecule has 1 atom stereocenters. The van der Waals surface area contributed by atoms with Crippen molar-refractivity contribution in [2.24, 2.45) is 4.99 Å². The second kappa shape index (κ2) is 11.9. The molecule has 3 aromatic carbocycles. The average molecular weight is 566 g/mol. The van der Waals surface area contributed by atoms with Crippen LogP contribution < -0.4 is 20.1 Å². The fourth-order valence-corrected chi connectivity index (χ4v) is 4.52. The summed E-state index contributed by atoms with van der Waals surface area (Å²) >= 11 is 4.66. The zero-order valence-electron chi connectivity index (χ0n) is 19.7. The van der Waals surface area contributed by atoms with E-state index < -0.39 is 0 Å². The van der Waals surface area contributed by atoms with Crippen molar-refractivity contribution in [2.45, 2.75) is 13.0 Å². The number of carbonyl (C=O) groups excluding carboxylic acids is 2. The summed E-state index contributed by atoms with van der Waals surface area (Å²) in [5, 5.41) is 6.21. The molecule has 1 fully saturated rings. The van der Waals surface area contributed by atoms with E-state index in [1.165, 1.54) is 18.9 Å². The van der Waals surface area contributed by atoms with Gasteiger partial charge in [-0.1, -0.05) is 52.3 Å². The lowest BCUT2D eigenvalue weighted by Crippen LogP contribution is -2.31. The number of hydrogen-bond donors (Lipinski definition) is 2. The van der Waals surface area contributed by atoms with Gasteiger partial charge in [-0.15, -0.1) is 0 Å². The highest BCUT2D eigenvalue weighted by Gasteiger charge is 2.24. The van der Waals surface area contributed by atoms with Gasteiger partial charge in [-0.2, -0.15) is 0 Å². The van der Waals surface area contributed by atoms with Crippen molar-refractivity contribution >= 4 is 56.4 Å². The Balaban J connectivity index is 1.39. The Labute approximate surface area is 222 Å². The average Bonchev–Trinajstić information content (AvgIpc) is 3.23. The van der Waals surface area contributed by atoms with E-state index in [2.05, 4.69) is 31.6 Å². The number of nitrogens with zero attached hydrogens (tertiary/aromatic N) is 1. The predicted molar refractivity (Wildman–Crippen MR) is 146 cm³/mol. The number of aliphatic imine (C=N–C) groups is 1. The van der Waals surface area contributed by atoms with Crippen LogP contribution >= 0.6 is 27.7 Å². The van der Waals surface area contributed by atoms with Crippen molar-refractivity contribution in [3.63, 3.8) is 0 Å². The van der Waals surface area contributed by atoms with Gasteiger partial charge in [0.2, 0.25) is 0 Å². The van der Waals surface area contributed by atoms with Crippen LogP contribution in [0.1, 0.15) is 24.1 Å². The fourth-order valence-electron chi connectivity index (χ4n) is 3.41. The second-order valence-corrected chi connectivity index (χ2v) is 9.80. The van der Waals surface area contributed by atoms with Gasteiger partial charge in [0.1, 0.15) is 0 Å². The molecule has 1 aliphatic heterocycles. The first kappa shape index (κ1) is 25.5. The molecule has 0 radical (unpaired) electrons. The standard InChI is InChI=1S/C27H24BrN3O4S/c1-17(19-6-4-3-5-7-19)29-25(32)16-35-22-13-8-18(14-23(22)34-2)15-24-26(33)31-27(36-24)30-21-11-9-20(28)10-12-21/h3-15,17H,16H2,1-2H3,(H,29,32)(H,30,31,33)/b24-15+/t17-/m1/s1. The first-order valence-electron chi connectivity index (χ1n) is 11.1. The molecule has 36 heavy (non-hydrogen) atoms. The first-order valence-corrected chi connectivity index (χ1v) is 12.7. The molecular formula is C27H24BrN3O4S. The van der Waals surface area contributed by atoms with Crippen molar-refractivity contribution in [3.05, 3.63) is 93.3 Å². The summed E-state index contributed by atoms with van der Waals surface area (Å²) in [5.74, 6) is 0.430. The van der Waals surface area contributed by atoms with Gasteiger partial charge in [-0.25, -0.2) is 4.99 Å². The number of methoxy groups -OCH3 is 1. The van der Waals surface area contributed by atoms with Crippen molar-refractivity contribution in [1.82, 2.24) is 10.6 Å². The van der Waals surface area contributed by atoms with Gasteiger partial charge in [0.05, 0.1) is 23.7 Å². The van der Waals surface area contributed by atoms with Crippen molar-refractivity contribution in [3.8, 4) is 11.5 Å². The molecule has 1 aliphatic rings. The molecule has 2 N–H and O–H groups in total. The largest absolute Gasteiger partial charge is 0.493 e. The Hall–Kier alpha value is -3.56. The van der Waals surface area contributed by atoms with Crippen molar-refractivity contribution < 1.29 is 19.1 Å². The molecule has 0 aromatic heterocycles. The minimum atomic E-state index is -0.240. The molecular weight excluding hydrogens is 542 g/mol. The maximum atomic E-state index is 12.4. The Morgan fingerprint density at radius 2 is 1.86 bits per heavy atom. The van der Waals surface area contributed by atoms with E-state index in [0.29, 0.717) is 21.6 Å². The number of benzene rings is 3. The third kappa shape index (κ3) is 6.77. The lowest BCUT2D eigenvalue weighted by atomic mass is 10.1. The highest BCUT2D eigenvalue weighted by Crippen LogP contribution is 2.32. The molecule has 7 nitrogen and oxygen atoms in total. The molecule has 0 bridgehead atoms. The molecule has 0 unspecified atom stereocenters. The predicted octanol–water partition coefficient (Wildman–Crippen LogP) is 5.61. The Kier molecular flexibility index (Phi) is 8.45. The van der Waals surface area contributed by atoms with Gasteiger partial charge in [-0.05, 0) is 72.3 Å². The monoisotopic (exact) mass is 565 g/mol. The summed E-state index contributed by atoms with van der Waals surface area (Å²) in [7, 11) is 1.52. The highest BCUT2D eigenvalue weighted by atomic mass is 79.9.